The number of hydrogen-bond acceptors (Lipinski definition) is 4. The molecule has 438 valence electrons. The van der Waals surface area contributed by atoms with Crippen LogP contribution in [-0.2, 0) is 6.18 Å². The molecular weight excluding hydrogens is 1150 g/mol. The van der Waals surface area contributed by atoms with Gasteiger partial charge in [0.25, 0.3) is 0 Å². The molecule has 10 aromatic carbocycles. The number of aromatic nitrogens is 6. The maximum absolute atomic E-state index is 17.9. The molecule has 0 N–H and O–H groups in total. The third kappa shape index (κ3) is 9.57. The summed E-state index contributed by atoms with van der Waals surface area (Å²) in [4.78, 5) is 19.4. The van der Waals surface area contributed by atoms with Crippen molar-refractivity contribution in [1.29, 1.82) is 0 Å². The molecule has 0 saturated carbocycles. The van der Waals surface area contributed by atoms with Crippen LogP contribution in [0.4, 0.5) is 22.0 Å². The standard InChI is InChI=1S/C81H49F5N6/c82-67-30-13-31-68(83)75(67)58-48-73(91-69-44-54(59-26-14-40-87-77(59)50-18-5-1-6-19-50)32-36-63(69)64-37-33-55(45-70(64)91)60-27-15-41-88-78(60)51-20-7-2-8-21-51)76(81(84,85)86)74(49-58)92-71-46-56(61-28-16-42-89-79(61)52-22-9-3-10-23-52)34-38-65(71)66-39-35-57(47-72(66)92)62-29-17-43-90-80(62)53-24-11-4-12-25-53/h1-49H. The molecule has 0 bridgehead atoms. The molecule has 0 unspecified atom stereocenters. The van der Waals surface area contributed by atoms with E-state index >= 15 is 22.0 Å². The highest BCUT2D eigenvalue weighted by Gasteiger charge is 2.40. The van der Waals surface area contributed by atoms with Gasteiger partial charge in [0, 0.05) is 90.8 Å². The van der Waals surface area contributed by atoms with Gasteiger partial charge in [-0.3, -0.25) is 19.9 Å². The van der Waals surface area contributed by atoms with E-state index in [1.54, 1.807) is 33.9 Å². The summed E-state index contributed by atoms with van der Waals surface area (Å²) >= 11 is 0. The second-order valence-corrected chi connectivity index (χ2v) is 22.6. The van der Waals surface area contributed by atoms with E-state index in [0.29, 0.717) is 88.6 Å². The smallest absolute Gasteiger partial charge is 0.308 e. The first-order chi connectivity index (χ1) is 45.1. The van der Waals surface area contributed by atoms with Gasteiger partial charge in [0.1, 0.15) is 17.2 Å². The van der Waals surface area contributed by atoms with Gasteiger partial charge in [-0.05, 0) is 101 Å². The number of alkyl halides is 3. The van der Waals surface area contributed by atoms with Gasteiger partial charge in [0.05, 0.1) is 61.8 Å². The molecule has 6 nitrogen and oxygen atoms in total. The number of rotatable bonds is 11. The summed E-state index contributed by atoms with van der Waals surface area (Å²) in [5.74, 6) is -1.91. The third-order valence-corrected chi connectivity index (χ3v) is 17.3. The first kappa shape index (κ1) is 55.4. The summed E-state index contributed by atoms with van der Waals surface area (Å²) in [7, 11) is 0. The molecule has 0 radical (unpaired) electrons. The van der Waals surface area contributed by atoms with Crippen molar-refractivity contribution in [3.8, 4) is 112 Å². The topological polar surface area (TPSA) is 61.4 Å². The fourth-order valence-corrected chi connectivity index (χ4v) is 13.3. The largest absolute Gasteiger partial charge is 0.420 e. The highest BCUT2D eigenvalue weighted by Crippen LogP contribution is 2.49. The van der Waals surface area contributed by atoms with Gasteiger partial charge in [-0.25, -0.2) is 8.78 Å². The third-order valence-electron chi connectivity index (χ3n) is 17.3. The van der Waals surface area contributed by atoms with E-state index in [0.717, 1.165) is 56.6 Å². The second-order valence-electron chi connectivity index (χ2n) is 22.6. The molecule has 0 saturated heterocycles. The Bertz CT molecular complexity index is 4920. The molecule has 0 atom stereocenters. The Hall–Kier alpha value is -12.0. The zero-order valence-electron chi connectivity index (χ0n) is 48.9. The SMILES string of the molecule is Fc1cccc(F)c1-c1cc(-n2c3cc(-c4cccnc4-c4ccccc4)ccc3c3ccc(-c4cccnc4-c4ccccc4)cc32)c(C(F)(F)F)c(-n2c3cc(-c4cccnc4-c4ccccc4)ccc3c3ccc(-c4cccnc4-c4ccccc4)cc32)c1. The van der Waals surface area contributed by atoms with Gasteiger partial charge in [-0.2, -0.15) is 13.2 Å². The van der Waals surface area contributed by atoms with Crippen molar-refractivity contribution in [2.24, 2.45) is 0 Å². The molecular formula is C81H49F5N6. The van der Waals surface area contributed by atoms with E-state index in [9.17, 15) is 0 Å². The Labute approximate surface area is 525 Å². The highest BCUT2D eigenvalue weighted by molar-refractivity contribution is 6.14. The van der Waals surface area contributed by atoms with Crippen LogP contribution in [0.15, 0.2) is 298 Å². The van der Waals surface area contributed by atoms with Crippen molar-refractivity contribution in [2.75, 3.05) is 0 Å². The normalized spacial score (nSPS) is 11.8. The lowest BCUT2D eigenvalue weighted by molar-refractivity contribution is -0.137. The summed E-state index contributed by atoms with van der Waals surface area (Å²) in [5.41, 5.74) is 10.9. The Morgan fingerprint density at radius 2 is 0.543 bits per heavy atom. The van der Waals surface area contributed by atoms with E-state index in [1.807, 2.05) is 243 Å². The van der Waals surface area contributed by atoms with E-state index in [-0.39, 0.29) is 16.9 Å². The van der Waals surface area contributed by atoms with Gasteiger partial charge < -0.3 is 9.13 Å². The lowest BCUT2D eigenvalue weighted by Gasteiger charge is -2.24. The number of hydrogen-bond donors (Lipinski definition) is 0. The summed E-state index contributed by atoms with van der Waals surface area (Å²) in [6.07, 6.45) is 1.71. The van der Waals surface area contributed by atoms with Crippen LogP contribution >= 0.6 is 0 Å². The van der Waals surface area contributed by atoms with Gasteiger partial charge in [0.2, 0.25) is 0 Å². The molecule has 16 aromatic rings. The number of nitrogens with zero attached hydrogens (tertiary/aromatic N) is 6. The summed E-state index contributed by atoms with van der Waals surface area (Å²) in [5, 5.41) is 2.54. The Morgan fingerprint density at radius 1 is 0.261 bits per heavy atom. The molecule has 16 rings (SSSR count). The lowest BCUT2D eigenvalue weighted by atomic mass is 9.97. The van der Waals surface area contributed by atoms with Crippen molar-refractivity contribution in [1.82, 2.24) is 29.1 Å². The molecule has 6 heterocycles. The Kier molecular flexibility index (Phi) is 13.6. The van der Waals surface area contributed by atoms with E-state index in [4.69, 9.17) is 19.9 Å². The average Bonchev–Trinajstić information content (AvgIpc) is 1.52. The van der Waals surface area contributed by atoms with Crippen LogP contribution in [-0.4, -0.2) is 29.1 Å². The molecule has 0 aliphatic heterocycles. The van der Waals surface area contributed by atoms with E-state index in [1.165, 1.54) is 18.2 Å². The fourth-order valence-electron chi connectivity index (χ4n) is 13.3. The van der Waals surface area contributed by atoms with Crippen molar-refractivity contribution in [3.05, 3.63) is 315 Å². The molecule has 92 heavy (non-hydrogen) atoms. The quantitative estimate of drug-likeness (QED) is 0.121. The zero-order valence-corrected chi connectivity index (χ0v) is 48.9. The molecule has 6 aromatic heterocycles. The first-order valence-electron chi connectivity index (χ1n) is 30.0. The zero-order chi connectivity index (χ0) is 62.0. The van der Waals surface area contributed by atoms with Crippen LogP contribution in [0.1, 0.15) is 5.56 Å². The predicted octanol–water partition coefficient (Wildman–Crippen LogP) is 21.8. The molecule has 0 fully saturated rings. The predicted molar refractivity (Wildman–Crippen MR) is 360 cm³/mol. The fraction of sp³-hybridized carbons (Fsp3) is 0.0123. The maximum Gasteiger partial charge on any atom is 0.420 e. The number of fused-ring (bicyclic) bond motifs is 6. The summed E-state index contributed by atoms with van der Waals surface area (Å²) < 4.78 is 91.0. The Balaban J connectivity index is 1.06. The van der Waals surface area contributed by atoms with Crippen molar-refractivity contribution in [3.63, 3.8) is 0 Å². The first-order valence-corrected chi connectivity index (χ1v) is 30.0. The van der Waals surface area contributed by atoms with Gasteiger partial charge in [-0.15, -0.1) is 0 Å². The average molecular weight is 1200 g/mol. The molecule has 11 heteroatoms. The number of pyridine rings is 4. The highest BCUT2D eigenvalue weighted by atomic mass is 19.4. The number of benzene rings is 10. The lowest BCUT2D eigenvalue weighted by Crippen LogP contribution is -2.16. The maximum atomic E-state index is 17.9. The molecule has 0 aliphatic carbocycles. The minimum Gasteiger partial charge on any atom is -0.308 e. The van der Waals surface area contributed by atoms with Crippen LogP contribution in [0.5, 0.6) is 0 Å². The van der Waals surface area contributed by atoms with Crippen LogP contribution < -0.4 is 0 Å². The van der Waals surface area contributed by atoms with Gasteiger partial charge >= 0.3 is 6.18 Å². The van der Waals surface area contributed by atoms with Crippen molar-refractivity contribution < 1.29 is 22.0 Å². The van der Waals surface area contributed by atoms with Crippen molar-refractivity contribution in [2.45, 2.75) is 6.18 Å². The van der Waals surface area contributed by atoms with Crippen LogP contribution in [0, 0.1) is 11.6 Å². The van der Waals surface area contributed by atoms with Crippen LogP contribution in [0.2, 0.25) is 0 Å². The van der Waals surface area contributed by atoms with Gasteiger partial charge in [0.15, 0.2) is 0 Å². The summed E-state index contributed by atoms with van der Waals surface area (Å²) in [6, 6.07) is 83.2. The second kappa shape index (κ2) is 22.6. The van der Waals surface area contributed by atoms with Crippen LogP contribution in [0.25, 0.3) is 156 Å². The minimum absolute atomic E-state index is 0.127. The summed E-state index contributed by atoms with van der Waals surface area (Å²) in [6.45, 7) is 0. The minimum atomic E-state index is -5.16. The van der Waals surface area contributed by atoms with E-state index in [2.05, 4.69) is 0 Å². The molecule has 0 amide bonds. The van der Waals surface area contributed by atoms with Crippen LogP contribution in [0.3, 0.4) is 0 Å². The molecule has 0 aliphatic rings. The van der Waals surface area contributed by atoms with Gasteiger partial charge in [-0.1, -0.05) is 200 Å². The monoisotopic (exact) mass is 1200 g/mol. The van der Waals surface area contributed by atoms with Crippen molar-refractivity contribution >= 4 is 43.6 Å². The Morgan fingerprint density at radius 3 is 0.815 bits per heavy atom. The number of halogens is 5. The molecule has 0 spiro atoms. The van der Waals surface area contributed by atoms with E-state index < -0.39 is 28.9 Å².